The topological polar surface area (TPSA) is 64.4 Å². The summed E-state index contributed by atoms with van der Waals surface area (Å²) in [5, 5.41) is 13.1. The quantitative estimate of drug-likeness (QED) is 0.302. The summed E-state index contributed by atoms with van der Waals surface area (Å²) in [7, 11) is 1.65. The Labute approximate surface area is 218 Å². The molecule has 0 amide bonds. The van der Waals surface area contributed by atoms with E-state index in [4.69, 9.17) is 9.84 Å². The number of para-hydroxylation sites is 1. The number of rotatable bonds is 6. The van der Waals surface area contributed by atoms with Gasteiger partial charge in [-0.1, -0.05) is 18.2 Å². The molecule has 1 aromatic heterocycles. The van der Waals surface area contributed by atoms with Crippen molar-refractivity contribution in [3.8, 4) is 11.6 Å². The van der Waals surface area contributed by atoms with Gasteiger partial charge >= 0.3 is 127 Å². The van der Waals surface area contributed by atoms with Crippen LogP contribution >= 0.6 is 0 Å². The van der Waals surface area contributed by atoms with Gasteiger partial charge in [-0.25, -0.2) is 9.48 Å². The number of carboxylic acids is 1. The molecule has 36 heavy (non-hydrogen) atoms. The maximum atomic E-state index is 11.1. The molecule has 1 heterocycles. The van der Waals surface area contributed by atoms with Crippen molar-refractivity contribution >= 4 is 36.5 Å². The van der Waals surface area contributed by atoms with E-state index in [9.17, 15) is 4.79 Å². The van der Waals surface area contributed by atoms with Crippen LogP contribution in [-0.4, -0.2) is 40.6 Å². The maximum absolute atomic E-state index is 11.1. The molecule has 4 aromatic carbocycles. The van der Waals surface area contributed by atoms with E-state index in [0.717, 1.165) is 0 Å². The van der Waals surface area contributed by atoms with E-state index < -0.39 is 25.7 Å². The molecule has 0 saturated carbocycles. The molecule has 0 fully saturated rings. The van der Waals surface area contributed by atoms with Crippen LogP contribution in [0.4, 0.5) is 0 Å². The van der Waals surface area contributed by atoms with Crippen LogP contribution in [0.2, 0.25) is 0 Å². The molecule has 0 aliphatic heterocycles. The molecule has 5 rings (SSSR count). The van der Waals surface area contributed by atoms with E-state index in [1.54, 1.807) is 26.1 Å². The van der Waals surface area contributed by atoms with Gasteiger partial charge in [0.1, 0.15) is 11.3 Å². The first-order valence-corrected chi connectivity index (χ1v) is 15.9. The van der Waals surface area contributed by atoms with E-state index in [1.165, 1.54) is 15.4 Å². The Morgan fingerprint density at radius 2 is 1.11 bits per heavy atom. The Balaban J connectivity index is 0.000000170. The molecule has 0 aliphatic carbocycles. The Bertz CT molecular complexity index is 1300. The van der Waals surface area contributed by atoms with E-state index in [2.05, 4.69) is 96.1 Å². The zero-order valence-electron chi connectivity index (χ0n) is 20.2. The van der Waals surface area contributed by atoms with Crippen LogP contribution < -0.4 is 15.5 Å². The SMILES string of the molecule is Cc1nn(C)c(Oc2ccccc2)c1C(=O)O.c1cc[c]([Sn]([c]2ccccc2)[c]2ccccc2)cc1. The second-order valence-corrected chi connectivity index (χ2v) is 15.2. The van der Waals surface area contributed by atoms with Crippen molar-refractivity contribution < 1.29 is 14.6 Å². The first-order valence-electron chi connectivity index (χ1n) is 11.6. The zero-order chi connectivity index (χ0) is 25.3. The number of ether oxygens (including phenoxy) is 1. The van der Waals surface area contributed by atoms with Crippen LogP contribution in [-0.2, 0) is 7.05 Å². The van der Waals surface area contributed by atoms with Crippen molar-refractivity contribution in [1.29, 1.82) is 0 Å². The number of benzene rings is 4. The zero-order valence-corrected chi connectivity index (χ0v) is 23.1. The van der Waals surface area contributed by atoms with Gasteiger partial charge in [0.25, 0.3) is 0 Å². The Morgan fingerprint density at radius 3 is 1.50 bits per heavy atom. The fraction of sp³-hybridized carbons (Fsp3) is 0.0667. The van der Waals surface area contributed by atoms with Gasteiger partial charge in [0, 0.05) is 7.05 Å². The molecule has 0 unspecified atom stereocenters. The van der Waals surface area contributed by atoms with Crippen molar-refractivity contribution in [2.75, 3.05) is 0 Å². The predicted octanol–water partition coefficient (Wildman–Crippen LogP) is 4.42. The first kappa shape index (κ1) is 25.3. The molecule has 179 valence electrons. The van der Waals surface area contributed by atoms with E-state index in [-0.39, 0.29) is 11.4 Å². The number of hydrogen-bond donors (Lipinski definition) is 1. The van der Waals surface area contributed by atoms with Crippen molar-refractivity contribution in [3.05, 3.63) is 133 Å². The molecule has 0 bridgehead atoms. The molecule has 1 radical (unpaired) electrons. The molecule has 0 spiro atoms. The summed E-state index contributed by atoms with van der Waals surface area (Å²) in [4.78, 5) is 11.1. The summed E-state index contributed by atoms with van der Waals surface area (Å²) >= 11 is -1.98. The Kier molecular flexibility index (Phi) is 8.57. The van der Waals surface area contributed by atoms with Crippen molar-refractivity contribution in [3.63, 3.8) is 0 Å². The van der Waals surface area contributed by atoms with Gasteiger partial charge in [-0.2, -0.15) is 5.10 Å². The molecular weight excluding hydrogens is 555 g/mol. The van der Waals surface area contributed by atoms with Crippen molar-refractivity contribution in [1.82, 2.24) is 9.78 Å². The summed E-state index contributed by atoms with van der Waals surface area (Å²) in [6.45, 7) is 1.64. The average molecular weight is 582 g/mol. The minimum atomic E-state index is -1.98. The summed E-state index contributed by atoms with van der Waals surface area (Å²) < 4.78 is 11.6. The third kappa shape index (κ3) is 6.23. The minimum absolute atomic E-state index is 0.0938. The summed E-state index contributed by atoms with van der Waals surface area (Å²) in [5.41, 5.74) is 0.530. The Hall–Kier alpha value is -3.84. The molecule has 0 atom stereocenters. The van der Waals surface area contributed by atoms with Gasteiger partial charge in [0.05, 0.1) is 5.69 Å². The molecule has 0 aliphatic rings. The van der Waals surface area contributed by atoms with E-state index in [1.807, 2.05) is 18.2 Å². The number of aryl methyl sites for hydroxylation is 2. The molecule has 5 nitrogen and oxygen atoms in total. The van der Waals surface area contributed by atoms with Crippen LogP contribution in [0, 0.1) is 6.92 Å². The summed E-state index contributed by atoms with van der Waals surface area (Å²) in [6, 6.07) is 42.0. The molecule has 1 N–H and O–H groups in total. The van der Waals surface area contributed by atoms with Crippen LogP contribution in [0.5, 0.6) is 11.6 Å². The van der Waals surface area contributed by atoms with Crippen LogP contribution in [0.3, 0.4) is 0 Å². The van der Waals surface area contributed by atoms with Crippen molar-refractivity contribution in [2.24, 2.45) is 7.05 Å². The van der Waals surface area contributed by atoms with E-state index in [0.29, 0.717) is 11.4 Å². The first-order chi connectivity index (χ1) is 17.5. The number of hydrogen-bond acceptors (Lipinski definition) is 3. The number of carbonyl (C=O) groups is 1. The summed E-state index contributed by atoms with van der Waals surface area (Å²) in [5.74, 6) is -0.222. The second kappa shape index (κ2) is 12.2. The fourth-order valence-corrected chi connectivity index (χ4v) is 11.3. The van der Waals surface area contributed by atoms with Gasteiger partial charge in [-0.3, -0.25) is 0 Å². The molecule has 5 aromatic rings. The van der Waals surface area contributed by atoms with Crippen LogP contribution in [0.15, 0.2) is 121 Å². The summed E-state index contributed by atoms with van der Waals surface area (Å²) in [6.07, 6.45) is 0. The third-order valence-corrected chi connectivity index (χ3v) is 13.3. The van der Waals surface area contributed by atoms with E-state index >= 15 is 0 Å². The fourth-order valence-electron chi connectivity index (χ4n) is 3.91. The van der Waals surface area contributed by atoms with Gasteiger partial charge in [0.2, 0.25) is 5.88 Å². The molecule has 0 saturated heterocycles. The normalized spacial score (nSPS) is 10.4. The Morgan fingerprint density at radius 1 is 0.722 bits per heavy atom. The monoisotopic (exact) mass is 583 g/mol. The number of aromatic nitrogens is 2. The number of nitrogens with zero attached hydrogens (tertiary/aromatic N) is 2. The second-order valence-electron chi connectivity index (χ2n) is 8.08. The molecule has 6 heteroatoms. The van der Waals surface area contributed by atoms with Gasteiger partial charge < -0.3 is 9.84 Å². The molecular formula is C30H27N2O3Sn. The van der Waals surface area contributed by atoms with Gasteiger partial charge in [-0.15, -0.1) is 0 Å². The predicted molar refractivity (Wildman–Crippen MR) is 145 cm³/mol. The standard InChI is InChI=1S/C12H12N2O3.3C6H5.Sn/c1-8-10(12(15)16)11(14(2)13-8)17-9-6-4-3-5-7-9;3*1-2-4-6-5-3-1;/h3-7H,1-2H3,(H,15,16);3*1-5H;. The number of aromatic carboxylic acids is 1. The third-order valence-electron chi connectivity index (χ3n) is 5.53. The van der Waals surface area contributed by atoms with Crippen LogP contribution in [0.25, 0.3) is 0 Å². The average Bonchev–Trinajstić information content (AvgIpc) is 3.19. The van der Waals surface area contributed by atoms with Gasteiger partial charge in [0.15, 0.2) is 0 Å². The van der Waals surface area contributed by atoms with Crippen LogP contribution in [0.1, 0.15) is 16.1 Å². The number of carboxylic acid groups (broad SMARTS) is 1. The van der Waals surface area contributed by atoms with Crippen molar-refractivity contribution in [2.45, 2.75) is 6.92 Å². The van der Waals surface area contributed by atoms with Gasteiger partial charge in [-0.05, 0) is 19.1 Å².